The second kappa shape index (κ2) is 9.46. The fraction of sp³-hybridized carbons (Fsp3) is 0.500. The smallest absolute Gasteiger partial charge is 0.440 e. The maximum atomic E-state index is 10.9. The number of nitrogens with zero attached hydrogens (tertiary/aromatic N) is 3. The summed E-state index contributed by atoms with van der Waals surface area (Å²) in [6.45, 7) is 6.81. The third kappa shape index (κ3) is 6.03. The summed E-state index contributed by atoms with van der Waals surface area (Å²) >= 11 is 0. The third-order valence-corrected chi connectivity index (χ3v) is 4.56. The van der Waals surface area contributed by atoms with Gasteiger partial charge in [-0.1, -0.05) is 25.1 Å². The molecule has 31 heavy (non-hydrogen) atoms. The van der Waals surface area contributed by atoms with E-state index in [1.807, 2.05) is 18.2 Å². The maximum Gasteiger partial charge on any atom is 0.575 e. The average molecular weight is 440 g/mol. The van der Waals surface area contributed by atoms with Gasteiger partial charge in [-0.15, -0.1) is 13.2 Å². The highest BCUT2D eigenvalue weighted by atomic mass is 19.4. The van der Waals surface area contributed by atoms with Gasteiger partial charge in [0.2, 0.25) is 11.7 Å². The Bertz CT molecular complexity index is 1020. The lowest BCUT2D eigenvalue weighted by Crippen LogP contribution is -2.26. The Morgan fingerprint density at radius 3 is 2.52 bits per heavy atom. The Kier molecular flexibility index (Phi) is 6.94. The lowest BCUT2D eigenvalue weighted by atomic mass is 9.98. The van der Waals surface area contributed by atoms with Crippen LogP contribution in [0.25, 0.3) is 22.5 Å². The molecule has 3 heterocycles. The van der Waals surface area contributed by atoms with Crippen molar-refractivity contribution in [1.29, 1.82) is 0 Å². The van der Waals surface area contributed by atoms with Crippen molar-refractivity contribution in [3.63, 3.8) is 0 Å². The molecule has 0 amide bonds. The van der Waals surface area contributed by atoms with Gasteiger partial charge in [-0.05, 0) is 38.1 Å². The van der Waals surface area contributed by atoms with Crippen LogP contribution >= 0.6 is 0 Å². The van der Waals surface area contributed by atoms with Crippen LogP contribution < -0.4 is 5.32 Å². The van der Waals surface area contributed by atoms with Gasteiger partial charge in [0.1, 0.15) is 5.52 Å². The monoisotopic (exact) mass is 440 g/mol. The predicted octanol–water partition coefficient (Wildman–Crippen LogP) is 4.54. The van der Waals surface area contributed by atoms with E-state index in [0.29, 0.717) is 18.7 Å². The van der Waals surface area contributed by atoms with Gasteiger partial charge < -0.3 is 19.0 Å². The highest BCUT2D eigenvalue weighted by Gasteiger charge is 2.32. The van der Waals surface area contributed by atoms with Crippen molar-refractivity contribution >= 4 is 17.1 Å². The molecule has 168 valence electrons. The van der Waals surface area contributed by atoms with E-state index >= 15 is 0 Å². The number of oxazole rings is 1. The first kappa shape index (κ1) is 22.7. The molecule has 1 saturated heterocycles. The first-order chi connectivity index (χ1) is 14.6. The zero-order chi connectivity index (χ0) is 22.6. The zero-order valence-corrected chi connectivity index (χ0v) is 17.3. The summed E-state index contributed by atoms with van der Waals surface area (Å²) in [4.78, 5) is 18.8. The highest BCUT2D eigenvalue weighted by Crippen LogP contribution is 2.31. The number of piperidine rings is 1. The number of alkyl halides is 3. The summed E-state index contributed by atoms with van der Waals surface area (Å²) in [5, 5.41) is 7.53. The predicted molar refractivity (Wildman–Crippen MR) is 104 cm³/mol. The molecule has 0 spiro atoms. The molecular weight excluding hydrogens is 417 g/mol. The van der Waals surface area contributed by atoms with Crippen molar-refractivity contribution in [3.8, 4) is 11.4 Å². The molecule has 11 heteroatoms. The number of nitrogens with one attached hydrogen (secondary N) is 1. The summed E-state index contributed by atoms with van der Waals surface area (Å²) in [5.41, 5.74) is 2.43. The largest absolute Gasteiger partial charge is 0.575 e. The van der Waals surface area contributed by atoms with E-state index in [-0.39, 0.29) is 5.92 Å². The number of carbonyl (C=O) groups excluding carboxylic acids is 1. The number of hydrogen-bond donors (Lipinski definition) is 1. The molecule has 4 rings (SSSR count). The normalized spacial score (nSPS) is 15.1. The molecule has 0 bridgehead atoms. The minimum atomic E-state index is -4.83. The summed E-state index contributed by atoms with van der Waals surface area (Å²) in [7, 11) is 0. The van der Waals surface area contributed by atoms with Crippen LogP contribution in [-0.2, 0) is 9.53 Å². The summed E-state index contributed by atoms with van der Waals surface area (Å²) < 4.78 is 46.7. The number of ether oxygens (including phenoxy) is 1. The fourth-order valence-corrected chi connectivity index (χ4v) is 3.14. The van der Waals surface area contributed by atoms with E-state index in [1.54, 1.807) is 0 Å². The fourth-order valence-electron chi connectivity index (χ4n) is 3.14. The SMILES string of the molecule is CC(=O)OC(F)(F)F.CC(C)c1nc2c(-c3noc(C4CCNCC4)n3)cccc2o1. The average Bonchev–Trinajstić information content (AvgIpc) is 3.34. The van der Waals surface area contributed by atoms with Crippen LogP contribution in [0.3, 0.4) is 0 Å². The van der Waals surface area contributed by atoms with Crippen molar-refractivity contribution < 1.29 is 31.6 Å². The van der Waals surface area contributed by atoms with Crippen LogP contribution in [0.5, 0.6) is 0 Å². The Balaban J connectivity index is 0.000000293. The third-order valence-electron chi connectivity index (χ3n) is 4.56. The molecule has 0 radical (unpaired) electrons. The van der Waals surface area contributed by atoms with Gasteiger partial charge >= 0.3 is 12.3 Å². The Morgan fingerprint density at radius 2 is 1.94 bits per heavy atom. The van der Waals surface area contributed by atoms with Crippen LogP contribution in [0.2, 0.25) is 0 Å². The van der Waals surface area contributed by atoms with Gasteiger partial charge in [-0.2, -0.15) is 4.98 Å². The number of carbonyl (C=O) groups is 1. The second-order valence-corrected chi connectivity index (χ2v) is 7.38. The summed E-state index contributed by atoms with van der Waals surface area (Å²) in [5.74, 6) is 1.29. The van der Waals surface area contributed by atoms with Crippen molar-refractivity contribution in [1.82, 2.24) is 20.4 Å². The van der Waals surface area contributed by atoms with Crippen LogP contribution in [0.4, 0.5) is 13.2 Å². The topological polar surface area (TPSA) is 103 Å². The number of esters is 1. The molecule has 0 aliphatic carbocycles. The number of aromatic nitrogens is 3. The van der Waals surface area contributed by atoms with Gasteiger partial charge in [0, 0.05) is 18.8 Å². The van der Waals surface area contributed by atoms with E-state index in [1.165, 1.54) is 0 Å². The van der Waals surface area contributed by atoms with E-state index < -0.39 is 12.3 Å². The van der Waals surface area contributed by atoms with Gasteiger partial charge in [-0.25, -0.2) is 4.98 Å². The summed E-state index contributed by atoms with van der Waals surface area (Å²) in [6.07, 6.45) is -2.76. The molecule has 1 fully saturated rings. The number of para-hydroxylation sites is 1. The molecule has 0 atom stereocenters. The van der Waals surface area contributed by atoms with Crippen molar-refractivity contribution in [2.24, 2.45) is 0 Å². The van der Waals surface area contributed by atoms with Crippen LogP contribution in [-0.4, -0.2) is 40.5 Å². The number of halogens is 3. The highest BCUT2D eigenvalue weighted by molar-refractivity contribution is 5.88. The number of benzene rings is 1. The van der Waals surface area contributed by atoms with Crippen LogP contribution in [0, 0.1) is 0 Å². The molecule has 0 saturated carbocycles. The van der Waals surface area contributed by atoms with E-state index in [0.717, 1.165) is 54.4 Å². The summed E-state index contributed by atoms with van der Waals surface area (Å²) in [6, 6.07) is 5.82. The second-order valence-electron chi connectivity index (χ2n) is 7.38. The zero-order valence-electron chi connectivity index (χ0n) is 17.3. The van der Waals surface area contributed by atoms with E-state index in [9.17, 15) is 18.0 Å². The van der Waals surface area contributed by atoms with E-state index in [2.05, 4.69) is 39.0 Å². The van der Waals surface area contributed by atoms with Crippen LogP contribution in [0.15, 0.2) is 27.1 Å². The quantitative estimate of drug-likeness (QED) is 0.592. The number of rotatable bonds is 3. The first-order valence-electron chi connectivity index (χ1n) is 9.84. The Morgan fingerprint density at radius 1 is 1.23 bits per heavy atom. The molecule has 3 aromatic rings. The molecule has 1 N–H and O–H groups in total. The number of hydrogen-bond acceptors (Lipinski definition) is 8. The minimum Gasteiger partial charge on any atom is -0.440 e. The lowest BCUT2D eigenvalue weighted by molar-refractivity contribution is -0.304. The van der Waals surface area contributed by atoms with Crippen molar-refractivity contribution in [2.45, 2.75) is 51.8 Å². The van der Waals surface area contributed by atoms with Crippen molar-refractivity contribution in [2.75, 3.05) is 13.1 Å². The van der Waals surface area contributed by atoms with E-state index in [4.69, 9.17) is 8.94 Å². The Labute approximate surface area is 176 Å². The molecule has 1 aromatic carbocycles. The number of fused-ring (bicyclic) bond motifs is 1. The minimum absolute atomic E-state index is 0.241. The Hall–Kier alpha value is -2.95. The van der Waals surface area contributed by atoms with Gasteiger partial charge in [-0.3, -0.25) is 4.79 Å². The van der Waals surface area contributed by atoms with Gasteiger partial charge in [0.05, 0.1) is 5.56 Å². The standard InChI is InChI=1S/C17H20N4O2.C3H3F3O2/c1-10(2)16-19-14-12(4-3-5-13(14)22-16)15-20-17(23-21-15)11-6-8-18-9-7-11;1-2(7)8-3(4,5)6/h3-5,10-11,18H,6-9H2,1-2H3;1H3. The molecule has 1 aliphatic rings. The van der Waals surface area contributed by atoms with Gasteiger partial charge in [0.25, 0.3) is 0 Å². The maximum absolute atomic E-state index is 10.9. The van der Waals surface area contributed by atoms with Crippen LogP contribution in [0.1, 0.15) is 57.2 Å². The van der Waals surface area contributed by atoms with Crippen molar-refractivity contribution in [3.05, 3.63) is 30.0 Å². The molecule has 8 nitrogen and oxygen atoms in total. The lowest BCUT2D eigenvalue weighted by Gasteiger charge is -2.18. The first-order valence-corrected chi connectivity index (χ1v) is 9.84. The van der Waals surface area contributed by atoms with Gasteiger partial charge in [0.15, 0.2) is 11.5 Å². The molecule has 2 aromatic heterocycles. The molecular formula is C20H23F3N4O4. The molecule has 0 unspecified atom stereocenters. The molecule has 1 aliphatic heterocycles.